The van der Waals surface area contributed by atoms with Crippen molar-refractivity contribution in [3.8, 4) is 11.8 Å². The van der Waals surface area contributed by atoms with Crippen LogP contribution in [0.5, 0.6) is 5.75 Å². The zero-order chi connectivity index (χ0) is 16.7. The first-order valence-corrected chi connectivity index (χ1v) is 7.98. The van der Waals surface area contributed by atoms with Crippen molar-refractivity contribution < 1.29 is 4.74 Å². The van der Waals surface area contributed by atoms with Gasteiger partial charge in [0.05, 0.1) is 11.6 Å². The van der Waals surface area contributed by atoms with E-state index in [0.717, 1.165) is 21.9 Å². The van der Waals surface area contributed by atoms with Crippen LogP contribution in [-0.2, 0) is 0 Å². The van der Waals surface area contributed by atoms with E-state index in [2.05, 4.69) is 6.07 Å². The molecule has 0 aliphatic carbocycles. The third kappa shape index (κ3) is 2.24. The van der Waals surface area contributed by atoms with Crippen LogP contribution in [0.4, 0.5) is 0 Å². The van der Waals surface area contributed by atoms with Crippen LogP contribution in [0, 0.1) is 16.7 Å². The topological polar surface area (TPSA) is 56.9 Å². The van der Waals surface area contributed by atoms with E-state index in [1.54, 1.807) is 0 Å². The van der Waals surface area contributed by atoms with Crippen LogP contribution in [0.25, 0.3) is 10.8 Å². The maximum atomic E-state index is 9.43. The molecule has 0 aromatic heterocycles. The molecule has 0 spiro atoms. The van der Waals surface area contributed by atoms with Crippen molar-refractivity contribution in [1.82, 2.24) is 0 Å². The number of hydrogen-bond donors (Lipinski definition) is 1. The summed E-state index contributed by atoms with van der Waals surface area (Å²) in [6.45, 7) is 0. The van der Waals surface area contributed by atoms with Crippen LogP contribution < -0.4 is 4.74 Å². The molecule has 116 valence electrons. The van der Waals surface area contributed by atoms with Crippen LogP contribution in [0.2, 0.25) is 5.02 Å². The molecular formula is C20H13ClN2O. The minimum absolute atomic E-state index is 0.252. The molecule has 3 aromatic rings. The van der Waals surface area contributed by atoms with Gasteiger partial charge in [-0.15, -0.1) is 0 Å². The van der Waals surface area contributed by atoms with Gasteiger partial charge in [0.15, 0.2) is 0 Å². The highest BCUT2D eigenvalue weighted by Crippen LogP contribution is 2.42. The molecule has 0 fully saturated rings. The molecule has 1 N–H and O–H groups in total. The third-order valence-electron chi connectivity index (χ3n) is 4.37. The van der Waals surface area contributed by atoms with Crippen molar-refractivity contribution in [3.63, 3.8) is 0 Å². The van der Waals surface area contributed by atoms with E-state index >= 15 is 0 Å². The Morgan fingerprint density at radius 2 is 1.75 bits per heavy atom. The first kappa shape index (κ1) is 14.7. The lowest BCUT2D eigenvalue weighted by atomic mass is 9.82. The molecule has 1 aliphatic rings. The van der Waals surface area contributed by atoms with Crippen molar-refractivity contribution >= 4 is 28.1 Å². The summed E-state index contributed by atoms with van der Waals surface area (Å²) in [7, 11) is 0. The molecule has 2 atom stereocenters. The molecule has 1 heterocycles. The van der Waals surface area contributed by atoms with E-state index < -0.39 is 6.10 Å². The maximum Gasteiger partial charge on any atom is 0.222 e. The predicted octanol–water partition coefficient (Wildman–Crippen LogP) is 4.93. The molecule has 0 amide bonds. The van der Waals surface area contributed by atoms with Gasteiger partial charge in [-0.3, -0.25) is 0 Å². The van der Waals surface area contributed by atoms with Gasteiger partial charge in [0, 0.05) is 16.0 Å². The summed E-state index contributed by atoms with van der Waals surface area (Å²) in [5.74, 6) is 0.385. The Morgan fingerprint density at radius 3 is 2.50 bits per heavy atom. The summed E-state index contributed by atoms with van der Waals surface area (Å²) in [5.41, 5.74) is 2.10. The molecule has 4 rings (SSSR count). The maximum absolute atomic E-state index is 9.43. The van der Waals surface area contributed by atoms with E-state index in [0.29, 0.717) is 10.8 Å². The SMILES string of the molecule is N#C[C@@H]1Oc2c(ccc3ccccc23)[C@@H](c2ccc(Cl)cc2)C1=N. The zero-order valence-electron chi connectivity index (χ0n) is 12.7. The lowest BCUT2D eigenvalue weighted by molar-refractivity contribution is 0.304. The standard InChI is InChI=1S/C20H13ClN2O/c21-14-8-5-13(6-9-14)18-16-10-7-12-3-1-2-4-15(12)20(16)24-17(11-22)19(18)23/h1-10,17-18,23H/t17-,18+/m0/s1. The smallest absolute Gasteiger partial charge is 0.222 e. The van der Waals surface area contributed by atoms with Crippen LogP contribution in [0.3, 0.4) is 0 Å². The molecule has 0 saturated carbocycles. The first-order valence-electron chi connectivity index (χ1n) is 7.61. The number of nitrogens with one attached hydrogen (secondary N) is 1. The van der Waals surface area contributed by atoms with Crippen LogP contribution >= 0.6 is 11.6 Å². The molecule has 24 heavy (non-hydrogen) atoms. The second-order valence-electron chi connectivity index (χ2n) is 5.77. The van der Waals surface area contributed by atoms with Gasteiger partial charge in [-0.1, -0.05) is 60.1 Å². The number of nitrogens with zero attached hydrogens (tertiary/aromatic N) is 1. The van der Waals surface area contributed by atoms with E-state index in [4.69, 9.17) is 21.7 Å². The summed E-state index contributed by atoms with van der Waals surface area (Å²) in [6, 6.07) is 21.4. The van der Waals surface area contributed by atoms with Gasteiger partial charge in [-0.05, 0) is 23.1 Å². The van der Waals surface area contributed by atoms with Crippen LogP contribution in [0.1, 0.15) is 17.0 Å². The third-order valence-corrected chi connectivity index (χ3v) is 4.62. The van der Waals surface area contributed by atoms with Gasteiger partial charge in [0.1, 0.15) is 11.8 Å². The van der Waals surface area contributed by atoms with Crippen molar-refractivity contribution in [2.75, 3.05) is 0 Å². The Labute approximate surface area is 144 Å². The Balaban J connectivity index is 1.97. The fourth-order valence-corrected chi connectivity index (χ4v) is 3.36. The zero-order valence-corrected chi connectivity index (χ0v) is 13.4. The Kier molecular flexibility index (Phi) is 3.48. The van der Waals surface area contributed by atoms with Crippen molar-refractivity contribution in [3.05, 3.63) is 76.8 Å². The Hall–Kier alpha value is -2.83. The average molecular weight is 333 g/mol. The van der Waals surface area contributed by atoms with Crippen LogP contribution in [0.15, 0.2) is 60.7 Å². The number of ether oxygens (including phenoxy) is 1. The molecule has 0 saturated heterocycles. The summed E-state index contributed by atoms with van der Waals surface area (Å²) in [4.78, 5) is 0. The van der Waals surface area contributed by atoms with E-state index in [9.17, 15) is 5.26 Å². The first-order chi connectivity index (χ1) is 11.7. The van der Waals surface area contributed by atoms with E-state index in [1.807, 2.05) is 60.7 Å². The van der Waals surface area contributed by atoms with Crippen molar-refractivity contribution in [2.45, 2.75) is 12.0 Å². The van der Waals surface area contributed by atoms with Gasteiger partial charge in [0.2, 0.25) is 6.10 Å². The average Bonchev–Trinajstić information content (AvgIpc) is 2.62. The number of rotatable bonds is 1. The van der Waals surface area contributed by atoms with Crippen molar-refractivity contribution in [2.24, 2.45) is 0 Å². The van der Waals surface area contributed by atoms with E-state index in [-0.39, 0.29) is 11.6 Å². The molecule has 0 bridgehead atoms. The minimum atomic E-state index is -0.885. The van der Waals surface area contributed by atoms with E-state index in [1.165, 1.54) is 0 Å². The number of hydrogen-bond acceptors (Lipinski definition) is 3. The Bertz CT molecular complexity index is 989. The highest BCUT2D eigenvalue weighted by Gasteiger charge is 2.35. The fourth-order valence-electron chi connectivity index (χ4n) is 3.23. The van der Waals surface area contributed by atoms with Gasteiger partial charge in [-0.2, -0.15) is 5.26 Å². The van der Waals surface area contributed by atoms with Gasteiger partial charge in [-0.25, -0.2) is 0 Å². The normalized spacial score (nSPS) is 19.4. The highest BCUT2D eigenvalue weighted by molar-refractivity contribution is 6.30. The molecular weight excluding hydrogens is 320 g/mol. The summed E-state index contributed by atoms with van der Waals surface area (Å²) in [5, 5.41) is 20.5. The molecule has 4 heteroatoms. The van der Waals surface area contributed by atoms with Gasteiger partial charge >= 0.3 is 0 Å². The molecule has 3 nitrogen and oxygen atoms in total. The lowest BCUT2D eigenvalue weighted by Crippen LogP contribution is -2.35. The van der Waals surface area contributed by atoms with Gasteiger partial charge < -0.3 is 10.1 Å². The number of fused-ring (bicyclic) bond motifs is 3. The number of halogens is 1. The van der Waals surface area contributed by atoms with Gasteiger partial charge in [0.25, 0.3) is 0 Å². The number of nitriles is 1. The summed E-state index contributed by atoms with van der Waals surface area (Å²) in [6.07, 6.45) is -0.885. The second-order valence-corrected chi connectivity index (χ2v) is 6.21. The molecule has 0 unspecified atom stereocenters. The monoisotopic (exact) mass is 332 g/mol. The predicted molar refractivity (Wildman–Crippen MR) is 95.0 cm³/mol. The number of benzene rings is 3. The lowest BCUT2D eigenvalue weighted by Gasteiger charge is -2.31. The van der Waals surface area contributed by atoms with Crippen molar-refractivity contribution in [1.29, 1.82) is 10.7 Å². The quantitative estimate of drug-likeness (QED) is 0.687. The summed E-state index contributed by atoms with van der Waals surface area (Å²) < 4.78 is 5.87. The summed E-state index contributed by atoms with van der Waals surface area (Å²) >= 11 is 5.99. The minimum Gasteiger partial charge on any atom is -0.468 e. The highest BCUT2D eigenvalue weighted by atomic mass is 35.5. The fraction of sp³-hybridized carbons (Fsp3) is 0.100. The largest absolute Gasteiger partial charge is 0.468 e. The molecule has 0 radical (unpaired) electrons. The van der Waals surface area contributed by atoms with Crippen LogP contribution in [-0.4, -0.2) is 11.8 Å². The molecule has 1 aliphatic heterocycles. The Morgan fingerprint density at radius 1 is 1.00 bits per heavy atom. The molecule has 3 aromatic carbocycles. The second kappa shape index (κ2) is 5.67.